The zero-order valence-electron chi connectivity index (χ0n) is 19.4. The second-order valence-electron chi connectivity index (χ2n) is 10.0. The molecule has 0 aliphatic heterocycles. The molecule has 6 heteroatoms. The molecule has 0 aliphatic carbocycles. The molecule has 0 fully saturated rings. The summed E-state index contributed by atoms with van der Waals surface area (Å²) in [6.07, 6.45) is 4.34. The summed E-state index contributed by atoms with van der Waals surface area (Å²) in [7, 11) is -4.10. The van der Waals surface area contributed by atoms with Crippen molar-refractivity contribution in [1.82, 2.24) is 0 Å². The van der Waals surface area contributed by atoms with Gasteiger partial charge in [-0.2, -0.15) is 0 Å². The van der Waals surface area contributed by atoms with Crippen molar-refractivity contribution >= 4 is 22.6 Å². The van der Waals surface area contributed by atoms with Crippen LogP contribution in [0.15, 0.2) is 24.8 Å². The van der Waals surface area contributed by atoms with Gasteiger partial charge in [-0.3, -0.25) is 0 Å². The van der Waals surface area contributed by atoms with Crippen LogP contribution in [-0.2, 0) is 18.4 Å². The van der Waals surface area contributed by atoms with E-state index in [1.54, 1.807) is 19.1 Å². The van der Waals surface area contributed by atoms with Crippen LogP contribution < -0.4 is 0 Å². The Balaban J connectivity index is 5.78. The molecule has 0 saturated heterocycles. The molecule has 158 valence electrons. The van der Waals surface area contributed by atoms with Crippen molar-refractivity contribution in [2.75, 3.05) is 6.61 Å². The summed E-state index contributed by atoms with van der Waals surface area (Å²) >= 11 is 0. The van der Waals surface area contributed by atoms with Crippen LogP contribution >= 0.6 is 0 Å². The van der Waals surface area contributed by atoms with Gasteiger partial charge >= 0.3 is 5.97 Å². The van der Waals surface area contributed by atoms with Gasteiger partial charge in [-0.1, -0.05) is 47.6 Å². The fourth-order valence-electron chi connectivity index (χ4n) is 1.86. The van der Waals surface area contributed by atoms with Gasteiger partial charge in [0.1, 0.15) is 0 Å². The largest absolute Gasteiger partial charge is 0.463 e. The second-order valence-corrected chi connectivity index (χ2v) is 19.5. The first kappa shape index (κ1) is 26.3. The van der Waals surface area contributed by atoms with Crippen molar-refractivity contribution < 1.29 is 18.4 Å². The monoisotopic (exact) mass is 414 g/mol. The quantitative estimate of drug-likeness (QED) is 0.199. The molecule has 0 saturated carbocycles. The SMILES string of the molecule is C=C[C@H](O[Si](C)(C)C(C)(C)C)[C@H](/C=C/C(=O)OCC)O[Si](C)(C)C(C)(C)C. The average molecular weight is 415 g/mol. The van der Waals surface area contributed by atoms with Gasteiger partial charge < -0.3 is 13.6 Å². The van der Waals surface area contributed by atoms with E-state index >= 15 is 0 Å². The number of ether oxygens (including phenoxy) is 1. The van der Waals surface area contributed by atoms with Crippen LogP contribution in [-0.4, -0.2) is 41.4 Å². The molecule has 0 aliphatic rings. The first-order valence-electron chi connectivity index (χ1n) is 9.81. The lowest BCUT2D eigenvalue weighted by molar-refractivity contribution is -0.137. The van der Waals surface area contributed by atoms with Crippen LogP contribution in [0.1, 0.15) is 48.5 Å². The third kappa shape index (κ3) is 8.05. The molecule has 0 radical (unpaired) electrons. The lowest BCUT2D eigenvalue weighted by Gasteiger charge is -2.43. The molecule has 0 unspecified atom stereocenters. The summed E-state index contributed by atoms with van der Waals surface area (Å²) in [6.45, 7) is 28.2. The molecule has 2 atom stereocenters. The minimum absolute atomic E-state index is 0.0473. The van der Waals surface area contributed by atoms with Gasteiger partial charge in [0.15, 0.2) is 16.6 Å². The van der Waals surface area contributed by atoms with Crippen LogP contribution in [0.25, 0.3) is 0 Å². The van der Waals surface area contributed by atoms with Gasteiger partial charge in [0, 0.05) is 6.08 Å². The van der Waals surface area contributed by atoms with Gasteiger partial charge in [0.05, 0.1) is 18.8 Å². The lowest BCUT2D eigenvalue weighted by Crippen LogP contribution is -2.50. The number of carbonyl (C=O) groups is 1. The summed E-state index contributed by atoms with van der Waals surface area (Å²) in [5.74, 6) is -0.364. The molecule has 0 bridgehead atoms. The van der Waals surface area contributed by atoms with Crippen LogP contribution in [0.3, 0.4) is 0 Å². The summed E-state index contributed by atoms with van der Waals surface area (Å²) in [6, 6.07) is 0. The van der Waals surface area contributed by atoms with Crippen molar-refractivity contribution in [2.45, 2.75) is 96.9 Å². The van der Waals surface area contributed by atoms with E-state index in [1.807, 2.05) is 0 Å². The maximum absolute atomic E-state index is 11.9. The maximum atomic E-state index is 11.9. The Kier molecular flexibility index (Phi) is 9.43. The molecule has 0 amide bonds. The number of hydrogen-bond donors (Lipinski definition) is 0. The van der Waals surface area contributed by atoms with Crippen LogP contribution in [0, 0.1) is 0 Å². The Hall–Kier alpha value is -0.696. The van der Waals surface area contributed by atoms with Crippen molar-refractivity contribution in [1.29, 1.82) is 0 Å². The zero-order valence-corrected chi connectivity index (χ0v) is 21.4. The average Bonchev–Trinajstić information content (AvgIpc) is 2.47. The highest BCUT2D eigenvalue weighted by atomic mass is 28.4. The smallest absolute Gasteiger partial charge is 0.330 e. The summed E-state index contributed by atoms with van der Waals surface area (Å²) in [5.41, 5.74) is 0. The van der Waals surface area contributed by atoms with Gasteiger partial charge in [-0.05, 0) is 49.3 Å². The molecule has 0 heterocycles. The summed E-state index contributed by atoms with van der Waals surface area (Å²) in [5, 5.41) is 0.117. The third-order valence-corrected chi connectivity index (χ3v) is 14.7. The Morgan fingerprint density at radius 2 is 1.33 bits per heavy atom. The molecular formula is C21H42O4Si2. The molecule has 0 aromatic heterocycles. The van der Waals surface area contributed by atoms with E-state index in [0.29, 0.717) is 6.61 Å². The fraction of sp³-hybridized carbons (Fsp3) is 0.762. The Labute approximate surface area is 169 Å². The molecule has 0 spiro atoms. The van der Waals surface area contributed by atoms with Gasteiger partial charge in [0.2, 0.25) is 0 Å². The van der Waals surface area contributed by atoms with E-state index in [9.17, 15) is 4.79 Å². The van der Waals surface area contributed by atoms with E-state index in [4.69, 9.17) is 13.6 Å². The Morgan fingerprint density at radius 3 is 1.67 bits per heavy atom. The summed E-state index contributed by atoms with van der Waals surface area (Å²) < 4.78 is 18.2. The van der Waals surface area contributed by atoms with Crippen molar-refractivity contribution in [3.8, 4) is 0 Å². The molecule has 0 rings (SSSR count). The van der Waals surface area contributed by atoms with Crippen LogP contribution in [0.5, 0.6) is 0 Å². The fourth-order valence-corrected chi connectivity index (χ4v) is 4.37. The second kappa shape index (κ2) is 9.68. The van der Waals surface area contributed by atoms with Crippen molar-refractivity contribution in [3.63, 3.8) is 0 Å². The van der Waals surface area contributed by atoms with E-state index in [-0.39, 0.29) is 28.3 Å². The molecular weight excluding hydrogens is 372 g/mol. The Bertz CT molecular complexity index is 525. The van der Waals surface area contributed by atoms with Gasteiger partial charge in [-0.25, -0.2) is 4.79 Å². The van der Waals surface area contributed by atoms with Crippen LogP contribution in [0.2, 0.25) is 36.3 Å². The highest BCUT2D eigenvalue weighted by molar-refractivity contribution is 6.74. The highest BCUT2D eigenvalue weighted by Gasteiger charge is 2.43. The van der Waals surface area contributed by atoms with Crippen molar-refractivity contribution in [2.24, 2.45) is 0 Å². The number of hydrogen-bond acceptors (Lipinski definition) is 4. The first-order valence-corrected chi connectivity index (χ1v) is 15.6. The number of rotatable bonds is 9. The predicted molar refractivity (Wildman–Crippen MR) is 120 cm³/mol. The predicted octanol–water partition coefficient (Wildman–Crippen LogP) is 6.07. The number of esters is 1. The molecule has 0 aromatic rings. The van der Waals surface area contributed by atoms with Gasteiger partial charge in [0.25, 0.3) is 0 Å². The lowest BCUT2D eigenvalue weighted by atomic mass is 10.2. The Morgan fingerprint density at radius 1 is 0.926 bits per heavy atom. The minimum atomic E-state index is -2.07. The molecule has 4 nitrogen and oxygen atoms in total. The van der Waals surface area contributed by atoms with Gasteiger partial charge in [-0.15, -0.1) is 6.58 Å². The molecule has 0 N–H and O–H groups in total. The molecule has 0 aromatic carbocycles. The normalized spacial score (nSPS) is 16.3. The summed E-state index contributed by atoms with van der Waals surface area (Å²) in [4.78, 5) is 11.9. The maximum Gasteiger partial charge on any atom is 0.330 e. The molecule has 27 heavy (non-hydrogen) atoms. The standard InChI is InChI=1S/C21H42O4Si2/c1-13-17(24-26(9,10)20(3,4)5)18(15-16-19(22)23-14-2)25-27(11,12)21(6,7)8/h13,15-18H,1,14H2,2-12H3/b16-15+/t17-,18-/m0/s1. The zero-order chi connectivity index (χ0) is 21.7. The topological polar surface area (TPSA) is 44.8 Å². The van der Waals surface area contributed by atoms with Crippen molar-refractivity contribution in [3.05, 3.63) is 24.8 Å². The van der Waals surface area contributed by atoms with E-state index < -0.39 is 16.6 Å². The van der Waals surface area contributed by atoms with Crippen LogP contribution in [0.4, 0.5) is 0 Å². The van der Waals surface area contributed by atoms with E-state index in [2.05, 4.69) is 74.3 Å². The first-order chi connectivity index (χ1) is 12.0. The third-order valence-electron chi connectivity index (χ3n) is 5.74. The number of carbonyl (C=O) groups excluding carboxylic acids is 1. The minimum Gasteiger partial charge on any atom is -0.463 e. The highest BCUT2D eigenvalue weighted by Crippen LogP contribution is 2.40. The van der Waals surface area contributed by atoms with E-state index in [1.165, 1.54) is 6.08 Å². The van der Waals surface area contributed by atoms with E-state index in [0.717, 1.165) is 0 Å².